The van der Waals surface area contributed by atoms with Gasteiger partial charge in [-0.3, -0.25) is 0 Å². The lowest BCUT2D eigenvalue weighted by atomic mass is 10.2. The first kappa shape index (κ1) is 15.4. The molecular weight excluding hydrogens is 318 g/mol. The Labute approximate surface area is 130 Å². The van der Waals surface area contributed by atoms with Crippen LogP contribution in [0, 0.1) is 5.82 Å². The fraction of sp³-hybridized carbons (Fsp3) is 0.0714. The number of nitrogens with zero attached hydrogens (tertiary/aromatic N) is 1. The second-order valence-electron chi connectivity index (χ2n) is 4.15. The van der Waals surface area contributed by atoms with E-state index in [-0.39, 0.29) is 17.5 Å². The molecule has 2 rings (SSSR count). The lowest BCUT2D eigenvalue weighted by Gasteiger charge is -2.10. The van der Waals surface area contributed by atoms with Gasteiger partial charge >= 0.3 is 0 Å². The summed E-state index contributed by atoms with van der Waals surface area (Å²) in [5.41, 5.74) is 6.42. The Morgan fingerprint density at radius 1 is 1.19 bits per heavy atom. The summed E-state index contributed by atoms with van der Waals surface area (Å²) in [5, 5.41) is 12.2. The highest BCUT2D eigenvalue weighted by Gasteiger charge is 2.08. The number of hydrogen-bond acceptors (Lipinski definition) is 3. The standard InChI is InChI=1S/C14H11Cl2FN2O2/c15-11-3-2-10(17)5-9(11)7-21-13-4-1-8(6-12(13)16)14(18)19-20/h1-6,20H,7H2,(H2,18,19). The summed E-state index contributed by atoms with van der Waals surface area (Å²) in [5.74, 6) is -0.0746. The Morgan fingerprint density at radius 2 is 1.95 bits per heavy atom. The summed E-state index contributed by atoms with van der Waals surface area (Å²) in [4.78, 5) is 0. The summed E-state index contributed by atoms with van der Waals surface area (Å²) in [6.07, 6.45) is 0. The molecule has 0 aliphatic rings. The second-order valence-corrected chi connectivity index (χ2v) is 4.97. The fourth-order valence-electron chi connectivity index (χ4n) is 1.64. The van der Waals surface area contributed by atoms with Gasteiger partial charge in [0.2, 0.25) is 0 Å². The third-order valence-electron chi connectivity index (χ3n) is 2.73. The molecular formula is C14H11Cl2FN2O2. The van der Waals surface area contributed by atoms with Crippen molar-refractivity contribution in [3.63, 3.8) is 0 Å². The molecule has 0 saturated heterocycles. The SMILES string of the molecule is N/C(=N/O)c1ccc(OCc2cc(F)ccc2Cl)c(Cl)c1. The number of rotatable bonds is 4. The number of benzene rings is 2. The van der Waals surface area contributed by atoms with Crippen molar-refractivity contribution in [2.75, 3.05) is 0 Å². The molecule has 0 fully saturated rings. The highest BCUT2D eigenvalue weighted by atomic mass is 35.5. The minimum atomic E-state index is -0.397. The molecule has 0 aliphatic heterocycles. The van der Waals surface area contributed by atoms with E-state index in [1.54, 1.807) is 12.1 Å². The van der Waals surface area contributed by atoms with Gasteiger partial charge < -0.3 is 15.7 Å². The number of ether oxygens (including phenoxy) is 1. The number of hydrogen-bond donors (Lipinski definition) is 2. The molecule has 0 unspecified atom stereocenters. The first-order valence-corrected chi connectivity index (χ1v) is 6.61. The van der Waals surface area contributed by atoms with E-state index in [2.05, 4.69) is 5.16 Å². The number of amidine groups is 1. The highest BCUT2D eigenvalue weighted by Crippen LogP contribution is 2.27. The molecule has 2 aromatic carbocycles. The van der Waals surface area contributed by atoms with E-state index in [4.69, 9.17) is 38.9 Å². The molecule has 0 amide bonds. The molecule has 0 aromatic heterocycles. The molecule has 0 spiro atoms. The Kier molecular flexibility index (Phi) is 4.88. The molecule has 0 bridgehead atoms. The van der Waals surface area contributed by atoms with E-state index in [1.165, 1.54) is 24.3 Å². The minimum Gasteiger partial charge on any atom is -0.487 e. The van der Waals surface area contributed by atoms with Gasteiger partial charge in [-0.25, -0.2) is 4.39 Å². The van der Waals surface area contributed by atoms with Gasteiger partial charge in [0.1, 0.15) is 18.2 Å². The van der Waals surface area contributed by atoms with Crippen molar-refractivity contribution in [2.45, 2.75) is 6.61 Å². The lowest BCUT2D eigenvalue weighted by Crippen LogP contribution is -2.12. The van der Waals surface area contributed by atoms with Crippen LogP contribution in [0.4, 0.5) is 4.39 Å². The maximum Gasteiger partial charge on any atom is 0.170 e. The number of nitrogens with two attached hydrogens (primary N) is 1. The molecule has 21 heavy (non-hydrogen) atoms. The average Bonchev–Trinajstić information content (AvgIpc) is 2.48. The van der Waals surface area contributed by atoms with Gasteiger partial charge in [0, 0.05) is 16.1 Å². The van der Waals surface area contributed by atoms with Gasteiger partial charge in [0.15, 0.2) is 5.84 Å². The van der Waals surface area contributed by atoms with Crippen molar-refractivity contribution in [3.05, 3.63) is 63.4 Å². The molecule has 0 radical (unpaired) electrons. The van der Waals surface area contributed by atoms with Crippen LogP contribution in [0.2, 0.25) is 10.0 Å². The Bertz CT molecular complexity index is 693. The topological polar surface area (TPSA) is 67.8 Å². The van der Waals surface area contributed by atoms with E-state index in [9.17, 15) is 4.39 Å². The normalized spacial score (nSPS) is 11.5. The van der Waals surface area contributed by atoms with E-state index in [1.807, 2.05) is 0 Å². The third-order valence-corrected chi connectivity index (χ3v) is 3.39. The summed E-state index contributed by atoms with van der Waals surface area (Å²) in [7, 11) is 0. The third kappa shape index (κ3) is 3.77. The summed E-state index contributed by atoms with van der Waals surface area (Å²) >= 11 is 12.0. The van der Waals surface area contributed by atoms with Gasteiger partial charge in [0.05, 0.1) is 5.02 Å². The molecule has 110 valence electrons. The fourth-order valence-corrected chi connectivity index (χ4v) is 2.05. The molecule has 0 heterocycles. The van der Waals surface area contributed by atoms with Crippen LogP contribution in [0.5, 0.6) is 5.75 Å². The predicted octanol–water partition coefficient (Wildman–Crippen LogP) is 3.81. The van der Waals surface area contributed by atoms with Crippen molar-refractivity contribution >= 4 is 29.0 Å². The highest BCUT2D eigenvalue weighted by molar-refractivity contribution is 6.32. The Balaban J connectivity index is 2.15. The first-order valence-electron chi connectivity index (χ1n) is 5.85. The molecule has 7 heteroatoms. The van der Waals surface area contributed by atoms with Crippen LogP contribution in [0.25, 0.3) is 0 Å². The smallest absolute Gasteiger partial charge is 0.170 e. The Hall–Kier alpha value is -1.98. The number of oxime groups is 1. The largest absolute Gasteiger partial charge is 0.487 e. The quantitative estimate of drug-likeness (QED) is 0.388. The van der Waals surface area contributed by atoms with Gasteiger partial charge in [-0.1, -0.05) is 28.4 Å². The van der Waals surface area contributed by atoms with Crippen molar-refractivity contribution in [1.82, 2.24) is 0 Å². The first-order chi connectivity index (χ1) is 10.0. The van der Waals surface area contributed by atoms with Crippen molar-refractivity contribution in [2.24, 2.45) is 10.9 Å². The minimum absolute atomic E-state index is 0.0587. The predicted molar refractivity (Wildman–Crippen MR) is 79.7 cm³/mol. The monoisotopic (exact) mass is 328 g/mol. The summed E-state index contributed by atoms with van der Waals surface area (Å²) < 4.78 is 18.6. The van der Waals surface area contributed by atoms with Crippen LogP contribution >= 0.6 is 23.2 Å². The van der Waals surface area contributed by atoms with Crippen LogP contribution in [0.15, 0.2) is 41.6 Å². The zero-order valence-electron chi connectivity index (χ0n) is 10.7. The van der Waals surface area contributed by atoms with Crippen molar-refractivity contribution in [1.29, 1.82) is 0 Å². The molecule has 3 N–H and O–H groups in total. The van der Waals surface area contributed by atoms with Gasteiger partial charge in [-0.2, -0.15) is 0 Å². The summed E-state index contributed by atoms with van der Waals surface area (Å²) in [6.45, 7) is 0.0687. The van der Waals surface area contributed by atoms with Gasteiger partial charge in [-0.05, 0) is 36.4 Å². The van der Waals surface area contributed by atoms with Crippen molar-refractivity contribution in [3.8, 4) is 5.75 Å². The van der Waals surface area contributed by atoms with Gasteiger partial charge in [0.25, 0.3) is 0 Å². The lowest BCUT2D eigenvalue weighted by molar-refractivity contribution is 0.306. The molecule has 0 saturated carbocycles. The molecule has 4 nitrogen and oxygen atoms in total. The van der Waals surface area contributed by atoms with Crippen LogP contribution in [-0.2, 0) is 6.61 Å². The van der Waals surface area contributed by atoms with Crippen molar-refractivity contribution < 1.29 is 14.3 Å². The second kappa shape index (κ2) is 6.65. The molecule has 0 atom stereocenters. The number of halogens is 3. The zero-order chi connectivity index (χ0) is 15.4. The Morgan fingerprint density at radius 3 is 2.62 bits per heavy atom. The van der Waals surface area contributed by atoms with Crippen LogP contribution < -0.4 is 10.5 Å². The zero-order valence-corrected chi connectivity index (χ0v) is 12.2. The summed E-state index contributed by atoms with van der Waals surface area (Å²) in [6, 6.07) is 8.68. The molecule has 0 aliphatic carbocycles. The van der Waals surface area contributed by atoms with E-state index in [0.29, 0.717) is 21.9 Å². The molecule has 2 aromatic rings. The van der Waals surface area contributed by atoms with Crippen LogP contribution in [0.3, 0.4) is 0 Å². The maximum absolute atomic E-state index is 13.1. The van der Waals surface area contributed by atoms with Gasteiger partial charge in [-0.15, -0.1) is 0 Å². The van der Waals surface area contributed by atoms with Crippen LogP contribution in [0.1, 0.15) is 11.1 Å². The van der Waals surface area contributed by atoms with Crippen LogP contribution in [-0.4, -0.2) is 11.0 Å². The average molecular weight is 329 g/mol. The van der Waals surface area contributed by atoms with E-state index in [0.717, 1.165) is 0 Å². The maximum atomic E-state index is 13.1. The van der Waals surface area contributed by atoms with E-state index < -0.39 is 5.82 Å². The van der Waals surface area contributed by atoms with E-state index >= 15 is 0 Å².